The first-order chi connectivity index (χ1) is 8.36. The van der Waals surface area contributed by atoms with Gasteiger partial charge in [-0.2, -0.15) is 0 Å². The fourth-order valence-electron chi connectivity index (χ4n) is 3.87. The third-order valence-electron chi connectivity index (χ3n) is 4.66. The number of rotatable bonds is 0. The fourth-order valence-corrected chi connectivity index (χ4v) is 3.87. The van der Waals surface area contributed by atoms with Crippen LogP contribution in [-0.4, -0.2) is 0 Å². The lowest BCUT2D eigenvalue weighted by molar-refractivity contribution is 0.438. The molecule has 0 aromatic heterocycles. The van der Waals surface area contributed by atoms with Gasteiger partial charge in [-0.1, -0.05) is 54.1 Å². The van der Waals surface area contributed by atoms with Crippen LogP contribution in [0.3, 0.4) is 0 Å². The van der Waals surface area contributed by atoms with Gasteiger partial charge in [0.15, 0.2) is 0 Å². The van der Waals surface area contributed by atoms with Crippen molar-refractivity contribution in [3.8, 4) is 0 Å². The molecule has 0 heterocycles. The van der Waals surface area contributed by atoms with E-state index >= 15 is 0 Å². The van der Waals surface area contributed by atoms with Crippen molar-refractivity contribution in [2.45, 2.75) is 19.3 Å². The predicted molar refractivity (Wildman–Crippen MR) is 71.7 cm³/mol. The number of hydrogen-bond acceptors (Lipinski definition) is 0. The Kier molecular flexibility index (Phi) is 1.80. The minimum Gasteiger partial charge on any atom is -0.0844 e. The van der Waals surface area contributed by atoms with Crippen molar-refractivity contribution >= 4 is 5.57 Å². The van der Waals surface area contributed by atoms with Crippen LogP contribution in [0.4, 0.5) is 0 Å². The summed E-state index contributed by atoms with van der Waals surface area (Å²) in [5.41, 5.74) is 6.20. The smallest absolute Gasteiger partial charge is 0.00521 e. The van der Waals surface area contributed by atoms with Crippen LogP contribution in [-0.2, 0) is 0 Å². The average molecular weight is 220 g/mol. The monoisotopic (exact) mass is 220 g/mol. The SMILES string of the molecule is CC1=CCC2c3ccccc3C3=CC=CC1C32. The molecule has 3 aliphatic rings. The minimum atomic E-state index is 0.640. The quantitative estimate of drug-likeness (QED) is 0.571. The Labute approximate surface area is 102 Å². The molecule has 0 bridgehead atoms. The summed E-state index contributed by atoms with van der Waals surface area (Å²) in [4.78, 5) is 0. The topological polar surface area (TPSA) is 0 Å². The molecular weight excluding hydrogens is 204 g/mol. The number of benzene rings is 1. The zero-order valence-corrected chi connectivity index (χ0v) is 10.1. The van der Waals surface area contributed by atoms with Gasteiger partial charge in [0.25, 0.3) is 0 Å². The summed E-state index contributed by atoms with van der Waals surface area (Å²) < 4.78 is 0. The lowest BCUT2D eigenvalue weighted by Gasteiger charge is -2.34. The lowest BCUT2D eigenvalue weighted by Crippen LogP contribution is -2.23. The molecule has 0 saturated carbocycles. The summed E-state index contributed by atoms with van der Waals surface area (Å²) in [6.45, 7) is 2.29. The van der Waals surface area contributed by atoms with E-state index in [1.165, 1.54) is 12.0 Å². The maximum Gasteiger partial charge on any atom is 0.00521 e. The van der Waals surface area contributed by atoms with Gasteiger partial charge in [-0.3, -0.25) is 0 Å². The highest BCUT2D eigenvalue weighted by Crippen LogP contribution is 2.56. The largest absolute Gasteiger partial charge is 0.0844 e. The maximum atomic E-state index is 2.45. The minimum absolute atomic E-state index is 0.640. The summed E-state index contributed by atoms with van der Waals surface area (Å²) in [6.07, 6.45) is 10.6. The van der Waals surface area contributed by atoms with Gasteiger partial charge in [0.2, 0.25) is 0 Å². The van der Waals surface area contributed by atoms with Crippen LogP contribution in [0.1, 0.15) is 30.4 Å². The molecule has 3 unspecified atom stereocenters. The van der Waals surface area contributed by atoms with Crippen LogP contribution in [0.15, 0.2) is 54.1 Å². The van der Waals surface area contributed by atoms with Crippen molar-refractivity contribution in [2.24, 2.45) is 11.8 Å². The van der Waals surface area contributed by atoms with E-state index < -0.39 is 0 Å². The number of hydrogen-bond donors (Lipinski definition) is 0. The molecule has 0 aliphatic heterocycles. The number of allylic oxidation sites excluding steroid dienone is 6. The third-order valence-corrected chi connectivity index (χ3v) is 4.66. The first-order valence-corrected chi connectivity index (χ1v) is 6.50. The summed E-state index contributed by atoms with van der Waals surface area (Å²) in [5, 5.41) is 0. The van der Waals surface area contributed by atoms with E-state index in [2.05, 4.69) is 55.5 Å². The highest BCUT2D eigenvalue weighted by atomic mass is 14.5. The van der Waals surface area contributed by atoms with E-state index in [4.69, 9.17) is 0 Å². The van der Waals surface area contributed by atoms with Crippen LogP contribution in [0.5, 0.6) is 0 Å². The number of fused-ring (bicyclic) bond motifs is 3. The van der Waals surface area contributed by atoms with Gasteiger partial charge < -0.3 is 0 Å². The standard InChI is InChI=1S/C17H16/c1-11-9-10-16-14-6-3-2-5-13(14)15-8-4-7-12(11)17(15)16/h2-9,12,16-17H,10H2,1H3. The molecule has 1 aromatic carbocycles. The van der Waals surface area contributed by atoms with Crippen LogP contribution >= 0.6 is 0 Å². The Balaban J connectivity index is 1.97. The molecule has 0 spiro atoms. The second-order valence-electron chi connectivity index (χ2n) is 5.44. The second kappa shape index (κ2) is 3.22. The molecule has 17 heavy (non-hydrogen) atoms. The maximum absolute atomic E-state index is 2.45. The molecule has 0 radical (unpaired) electrons. The fraction of sp³-hybridized carbons (Fsp3) is 0.294. The summed E-state index contributed by atoms with van der Waals surface area (Å²) in [7, 11) is 0. The first kappa shape index (κ1) is 9.47. The highest BCUT2D eigenvalue weighted by molar-refractivity contribution is 5.79. The van der Waals surface area contributed by atoms with Crippen LogP contribution < -0.4 is 0 Å². The van der Waals surface area contributed by atoms with Crippen molar-refractivity contribution in [3.05, 3.63) is 65.3 Å². The van der Waals surface area contributed by atoms with Gasteiger partial charge in [-0.25, -0.2) is 0 Å². The van der Waals surface area contributed by atoms with Crippen molar-refractivity contribution < 1.29 is 0 Å². The molecule has 3 aliphatic carbocycles. The van der Waals surface area contributed by atoms with Gasteiger partial charge in [-0.05, 0) is 36.0 Å². The van der Waals surface area contributed by atoms with E-state index in [-0.39, 0.29) is 0 Å². The van der Waals surface area contributed by atoms with Gasteiger partial charge in [0, 0.05) is 11.8 Å². The van der Waals surface area contributed by atoms with Gasteiger partial charge in [0.05, 0.1) is 0 Å². The Morgan fingerprint density at radius 3 is 3.00 bits per heavy atom. The summed E-state index contributed by atoms with van der Waals surface area (Å²) in [5.74, 6) is 2.07. The predicted octanol–water partition coefficient (Wildman–Crippen LogP) is 4.32. The normalized spacial score (nSPS) is 32.6. The third kappa shape index (κ3) is 1.13. The zero-order chi connectivity index (χ0) is 11.4. The molecule has 0 amide bonds. The highest BCUT2D eigenvalue weighted by Gasteiger charge is 2.42. The van der Waals surface area contributed by atoms with E-state index in [0.717, 1.165) is 5.92 Å². The van der Waals surface area contributed by atoms with E-state index in [1.807, 2.05) is 0 Å². The van der Waals surface area contributed by atoms with Crippen LogP contribution in [0.2, 0.25) is 0 Å². The summed E-state index contributed by atoms with van der Waals surface area (Å²) in [6, 6.07) is 8.98. The van der Waals surface area contributed by atoms with Crippen molar-refractivity contribution in [1.29, 1.82) is 0 Å². The lowest BCUT2D eigenvalue weighted by atomic mass is 9.69. The van der Waals surface area contributed by atoms with Crippen molar-refractivity contribution in [1.82, 2.24) is 0 Å². The molecule has 0 nitrogen and oxygen atoms in total. The van der Waals surface area contributed by atoms with E-state index in [1.54, 1.807) is 16.7 Å². The summed E-state index contributed by atoms with van der Waals surface area (Å²) >= 11 is 0. The molecule has 0 N–H and O–H groups in total. The van der Waals surface area contributed by atoms with Gasteiger partial charge in [0.1, 0.15) is 0 Å². The molecular formula is C17H16. The van der Waals surface area contributed by atoms with Crippen LogP contribution in [0.25, 0.3) is 5.57 Å². The Morgan fingerprint density at radius 1 is 1.18 bits per heavy atom. The zero-order valence-electron chi connectivity index (χ0n) is 10.1. The van der Waals surface area contributed by atoms with E-state index in [0.29, 0.717) is 11.8 Å². The molecule has 84 valence electrons. The molecule has 0 saturated heterocycles. The van der Waals surface area contributed by atoms with E-state index in [9.17, 15) is 0 Å². The first-order valence-electron chi connectivity index (χ1n) is 6.50. The Morgan fingerprint density at radius 2 is 2.06 bits per heavy atom. The average Bonchev–Trinajstić information content (AvgIpc) is 2.70. The second-order valence-corrected chi connectivity index (χ2v) is 5.44. The van der Waals surface area contributed by atoms with Crippen molar-refractivity contribution in [2.75, 3.05) is 0 Å². The van der Waals surface area contributed by atoms with Gasteiger partial charge >= 0.3 is 0 Å². The van der Waals surface area contributed by atoms with Crippen molar-refractivity contribution in [3.63, 3.8) is 0 Å². The molecule has 4 rings (SSSR count). The molecule has 1 aromatic rings. The Bertz CT molecular complexity index is 571. The Hall–Kier alpha value is -1.56. The molecule has 0 fully saturated rings. The molecule has 3 atom stereocenters. The molecule has 0 heteroatoms. The van der Waals surface area contributed by atoms with Gasteiger partial charge in [-0.15, -0.1) is 0 Å². The van der Waals surface area contributed by atoms with Crippen LogP contribution in [0, 0.1) is 11.8 Å².